The highest BCUT2D eigenvalue weighted by Crippen LogP contribution is 2.19. The molecule has 9 nitrogen and oxygen atoms in total. The van der Waals surface area contributed by atoms with Crippen molar-refractivity contribution < 1.29 is 14.3 Å². The summed E-state index contributed by atoms with van der Waals surface area (Å²) in [5.74, 6) is 3.33. The van der Waals surface area contributed by atoms with E-state index >= 15 is 0 Å². The molecular weight excluding hydrogens is 396 g/mol. The summed E-state index contributed by atoms with van der Waals surface area (Å²) >= 11 is 0. The van der Waals surface area contributed by atoms with Crippen LogP contribution < -0.4 is 15.4 Å². The lowest BCUT2D eigenvalue weighted by molar-refractivity contribution is 0.186. The molecule has 0 saturated carbocycles. The third kappa shape index (κ3) is 6.85. The molecule has 0 bridgehead atoms. The van der Waals surface area contributed by atoms with Crippen molar-refractivity contribution in [3.63, 3.8) is 0 Å². The largest absolute Gasteiger partial charge is 0.491 e. The Morgan fingerprint density at radius 3 is 2.71 bits per heavy atom. The second-order valence-electron chi connectivity index (χ2n) is 7.23. The smallest absolute Gasteiger partial charge is 0.216 e. The number of H-pyrrole nitrogens is 1. The van der Waals surface area contributed by atoms with Crippen LogP contribution in [0.4, 0.5) is 0 Å². The third-order valence-electron chi connectivity index (χ3n) is 4.33. The highest BCUT2D eigenvalue weighted by Gasteiger charge is 2.10. The Bertz CT molecular complexity index is 935. The lowest BCUT2D eigenvalue weighted by atomic mass is 10.1. The predicted molar refractivity (Wildman–Crippen MR) is 119 cm³/mol. The van der Waals surface area contributed by atoms with Gasteiger partial charge in [-0.1, -0.05) is 12.1 Å². The lowest BCUT2D eigenvalue weighted by Crippen LogP contribution is -2.38. The van der Waals surface area contributed by atoms with Crippen molar-refractivity contribution in [2.75, 3.05) is 19.6 Å². The van der Waals surface area contributed by atoms with Crippen molar-refractivity contribution >= 4 is 5.96 Å². The normalized spacial score (nSPS) is 12.7. The Morgan fingerprint density at radius 1 is 1.23 bits per heavy atom. The molecule has 166 valence electrons. The Kier molecular flexibility index (Phi) is 8.05. The molecule has 0 saturated heterocycles. The molecule has 0 aliphatic heterocycles. The zero-order valence-electron chi connectivity index (χ0n) is 18.1. The Morgan fingerprint density at radius 2 is 2.03 bits per heavy atom. The first-order chi connectivity index (χ1) is 15.0. The van der Waals surface area contributed by atoms with Crippen molar-refractivity contribution in [2.45, 2.75) is 39.4 Å². The van der Waals surface area contributed by atoms with Crippen LogP contribution in [-0.2, 0) is 6.42 Å². The van der Waals surface area contributed by atoms with E-state index in [1.807, 2.05) is 51.1 Å². The highest BCUT2D eigenvalue weighted by atomic mass is 16.5. The van der Waals surface area contributed by atoms with E-state index in [9.17, 15) is 5.11 Å². The molecule has 9 heteroatoms. The van der Waals surface area contributed by atoms with E-state index in [2.05, 4.69) is 30.8 Å². The van der Waals surface area contributed by atoms with Gasteiger partial charge < -0.3 is 24.9 Å². The average molecular weight is 427 g/mol. The van der Waals surface area contributed by atoms with Gasteiger partial charge >= 0.3 is 0 Å². The molecule has 1 atom stereocenters. The van der Waals surface area contributed by atoms with Gasteiger partial charge in [0.15, 0.2) is 11.7 Å². The Labute approximate surface area is 182 Å². The molecule has 0 radical (unpaired) electrons. The van der Waals surface area contributed by atoms with E-state index in [1.54, 1.807) is 12.3 Å². The van der Waals surface area contributed by atoms with Crippen LogP contribution in [0.1, 0.15) is 38.3 Å². The molecular formula is C22H30N6O3. The van der Waals surface area contributed by atoms with Gasteiger partial charge in [-0.25, -0.2) is 4.98 Å². The van der Waals surface area contributed by atoms with Gasteiger partial charge in [0.25, 0.3) is 0 Å². The van der Waals surface area contributed by atoms with Crippen molar-refractivity contribution in [3.05, 3.63) is 54.0 Å². The second-order valence-corrected chi connectivity index (χ2v) is 7.23. The highest BCUT2D eigenvalue weighted by molar-refractivity contribution is 5.79. The number of nitrogens with zero attached hydrogens (tertiary/aromatic N) is 3. The van der Waals surface area contributed by atoms with Gasteiger partial charge in [0.2, 0.25) is 5.82 Å². The molecule has 1 aromatic carbocycles. The number of hydrogen-bond acceptors (Lipinski definition) is 6. The molecule has 3 rings (SSSR count). The van der Waals surface area contributed by atoms with Gasteiger partial charge in [-0.2, -0.15) is 5.10 Å². The number of hydrogen-bond donors (Lipinski definition) is 4. The molecule has 2 aromatic heterocycles. The van der Waals surface area contributed by atoms with Crippen molar-refractivity contribution in [3.8, 4) is 17.3 Å². The second kappa shape index (κ2) is 11.2. The molecule has 0 aliphatic rings. The number of guanidine groups is 1. The van der Waals surface area contributed by atoms with Crippen molar-refractivity contribution in [1.82, 2.24) is 25.8 Å². The first-order valence-electron chi connectivity index (χ1n) is 10.5. The standard InChI is InChI=1S/C22H30N6O3/c1-4-23-22(24-12-11-20-26-21(28-27-20)19-6-5-13-30-19)25-14-18(29)16-7-9-17(10-8-16)31-15(2)3/h5-10,13,15,18,29H,4,11-12,14H2,1-3H3,(H2,23,24,25)(H,26,27,28). The van der Waals surface area contributed by atoms with E-state index in [4.69, 9.17) is 9.15 Å². The van der Waals surface area contributed by atoms with Gasteiger partial charge in [-0.15, -0.1) is 0 Å². The van der Waals surface area contributed by atoms with Crippen LogP contribution in [0.15, 0.2) is 52.1 Å². The van der Waals surface area contributed by atoms with Crippen LogP contribution in [0.2, 0.25) is 0 Å². The van der Waals surface area contributed by atoms with Crippen LogP contribution >= 0.6 is 0 Å². The predicted octanol–water partition coefficient (Wildman–Crippen LogP) is 2.68. The maximum atomic E-state index is 10.5. The fourth-order valence-corrected chi connectivity index (χ4v) is 2.89. The number of aromatic amines is 1. The molecule has 1 unspecified atom stereocenters. The van der Waals surface area contributed by atoms with E-state index in [0.717, 1.165) is 17.1 Å². The minimum Gasteiger partial charge on any atom is -0.491 e. The topological polar surface area (TPSA) is 121 Å². The van der Waals surface area contributed by atoms with Gasteiger partial charge in [-0.05, 0) is 50.6 Å². The Hall–Kier alpha value is -3.33. The number of rotatable bonds is 10. The number of nitrogens with one attached hydrogen (secondary N) is 3. The third-order valence-corrected chi connectivity index (χ3v) is 4.33. The summed E-state index contributed by atoms with van der Waals surface area (Å²) in [6, 6.07) is 11.1. The SMILES string of the molecule is CCNC(=NCC(O)c1ccc(OC(C)C)cc1)NCCc1nc(-c2ccco2)n[nH]1. The zero-order valence-corrected chi connectivity index (χ0v) is 18.1. The molecule has 0 amide bonds. The minimum absolute atomic E-state index is 0.114. The van der Waals surface area contributed by atoms with E-state index in [-0.39, 0.29) is 12.6 Å². The van der Waals surface area contributed by atoms with Gasteiger partial charge in [0.1, 0.15) is 11.6 Å². The number of aliphatic hydroxyl groups excluding tert-OH is 1. The van der Waals surface area contributed by atoms with Crippen LogP contribution in [-0.4, -0.2) is 52.0 Å². The van der Waals surface area contributed by atoms with Crippen LogP contribution in [0.5, 0.6) is 5.75 Å². The maximum Gasteiger partial charge on any atom is 0.216 e. The summed E-state index contributed by atoms with van der Waals surface area (Å²) in [6.45, 7) is 7.52. The maximum absolute atomic E-state index is 10.5. The van der Waals surface area contributed by atoms with Crippen LogP contribution in [0, 0.1) is 0 Å². The van der Waals surface area contributed by atoms with E-state index in [1.165, 1.54) is 0 Å². The summed E-state index contributed by atoms with van der Waals surface area (Å²) < 4.78 is 10.9. The average Bonchev–Trinajstić information content (AvgIpc) is 3.44. The van der Waals surface area contributed by atoms with Crippen molar-refractivity contribution in [1.29, 1.82) is 0 Å². The lowest BCUT2D eigenvalue weighted by Gasteiger charge is -2.14. The number of benzene rings is 1. The number of aliphatic imine (C=N–C) groups is 1. The fraction of sp³-hybridized carbons (Fsp3) is 0.409. The summed E-state index contributed by atoms with van der Waals surface area (Å²) in [7, 11) is 0. The quantitative estimate of drug-likeness (QED) is 0.290. The molecule has 3 aromatic rings. The molecule has 4 N–H and O–H groups in total. The number of ether oxygens (including phenoxy) is 1. The number of aliphatic hydroxyl groups is 1. The van der Waals surface area contributed by atoms with Crippen LogP contribution in [0.3, 0.4) is 0 Å². The zero-order chi connectivity index (χ0) is 22.1. The minimum atomic E-state index is -0.700. The van der Waals surface area contributed by atoms with E-state index in [0.29, 0.717) is 37.1 Å². The summed E-state index contributed by atoms with van der Waals surface area (Å²) in [4.78, 5) is 8.91. The van der Waals surface area contributed by atoms with E-state index < -0.39 is 6.10 Å². The fourth-order valence-electron chi connectivity index (χ4n) is 2.89. The first-order valence-corrected chi connectivity index (χ1v) is 10.5. The van der Waals surface area contributed by atoms with Gasteiger partial charge in [0, 0.05) is 19.5 Å². The molecule has 0 spiro atoms. The monoisotopic (exact) mass is 426 g/mol. The Balaban J connectivity index is 1.50. The first kappa shape index (κ1) is 22.4. The summed E-state index contributed by atoms with van der Waals surface area (Å²) in [6.07, 6.45) is 1.64. The summed E-state index contributed by atoms with van der Waals surface area (Å²) in [5, 5.41) is 24.0. The van der Waals surface area contributed by atoms with Crippen LogP contribution in [0.25, 0.3) is 11.6 Å². The molecule has 0 aliphatic carbocycles. The summed E-state index contributed by atoms with van der Waals surface area (Å²) in [5.41, 5.74) is 0.794. The number of furan rings is 1. The number of aromatic nitrogens is 3. The molecule has 2 heterocycles. The van der Waals surface area contributed by atoms with Gasteiger partial charge in [-0.3, -0.25) is 10.1 Å². The molecule has 31 heavy (non-hydrogen) atoms. The van der Waals surface area contributed by atoms with Crippen molar-refractivity contribution in [2.24, 2.45) is 4.99 Å². The van der Waals surface area contributed by atoms with Gasteiger partial charge in [0.05, 0.1) is 25.0 Å². The molecule has 0 fully saturated rings.